The van der Waals surface area contributed by atoms with Crippen LogP contribution in [0, 0.1) is 10.1 Å². The predicted octanol–water partition coefficient (Wildman–Crippen LogP) is 4.45. The average molecular weight is 639 g/mol. The molecule has 1 aromatic heterocycles. The number of carboxylic acids is 1. The van der Waals surface area contributed by atoms with Crippen molar-refractivity contribution in [1.82, 2.24) is 5.32 Å². The first-order valence-corrected chi connectivity index (χ1v) is 15.0. The van der Waals surface area contributed by atoms with E-state index in [1.54, 1.807) is 30.3 Å². The molecule has 11 nitrogen and oxygen atoms in total. The number of nitrogens with one attached hydrogen (secondary N) is 1. The normalized spacial score (nSPS) is 14.1. The first-order valence-electron chi connectivity index (χ1n) is 11.8. The van der Waals surface area contributed by atoms with Crippen LogP contribution >= 0.6 is 27.3 Å². The Morgan fingerprint density at radius 3 is 2.62 bits per heavy atom. The largest absolute Gasteiger partial charge is 0.483 e. The van der Waals surface area contributed by atoms with Gasteiger partial charge in [0.25, 0.3) is 5.69 Å². The molecule has 1 aliphatic heterocycles. The highest BCUT2D eigenvalue weighted by Gasteiger charge is 2.34. The number of sulfonamides is 1. The molecule has 1 aliphatic rings. The first kappa shape index (κ1) is 28.7. The molecule has 0 spiro atoms. The fraction of sp³-hybridized carbons (Fsp3) is 0.280. The van der Waals surface area contributed by atoms with E-state index in [-0.39, 0.29) is 34.5 Å². The number of carboxylic acid groups (broad SMARTS) is 1. The van der Waals surface area contributed by atoms with Crippen LogP contribution in [0.15, 0.2) is 53.0 Å². The zero-order chi connectivity index (χ0) is 28.2. The van der Waals surface area contributed by atoms with Gasteiger partial charge in [0.1, 0.15) is 12.4 Å². The number of thiophene rings is 1. The lowest BCUT2D eigenvalue weighted by atomic mass is 10.1. The zero-order valence-corrected chi connectivity index (χ0v) is 23.6. The number of carbonyl (C=O) groups excluding carboxylic acids is 1. The van der Waals surface area contributed by atoms with Gasteiger partial charge in [-0.05, 0) is 59.6 Å². The SMILES string of the molecule is O=CCOc1c(C(=O)O)sc(-c2cccc(N(C3CCNCC3)S(=O)(=O)Cc3ccccc3[N+](=O)[O-])c2)c1Br. The lowest BCUT2D eigenvalue weighted by Crippen LogP contribution is -2.46. The van der Waals surface area contributed by atoms with E-state index in [1.807, 2.05) is 0 Å². The smallest absolute Gasteiger partial charge is 0.349 e. The van der Waals surface area contributed by atoms with Gasteiger partial charge >= 0.3 is 5.97 Å². The number of para-hydroxylation sites is 1. The van der Waals surface area contributed by atoms with Crippen LogP contribution in [-0.4, -0.2) is 56.4 Å². The fourth-order valence-corrected chi connectivity index (χ4v) is 8.23. The molecule has 2 heterocycles. The van der Waals surface area contributed by atoms with E-state index < -0.39 is 26.7 Å². The minimum atomic E-state index is -4.09. The lowest BCUT2D eigenvalue weighted by molar-refractivity contribution is -0.385. The van der Waals surface area contributed by atoms with Crippen molar-refractivity contribution >= 4 is 60.9 Å². The van der Waals surface area contributed by atoms with Gasteiger partial charge in [-0.2, -0.15) is 0 Å². The molecular formula is C25H24BrN3O8S2. The molecule has 3 aromatic rings. The summed E-state index contributed by atoms with van der Waals surface area (Å²) in [5.74, 6) is -1.78. The number of anilines is 1. The minimum Gasteiger partial charge on any atom is -0.483 e. The van der Waals surface area contributed by atoms with Crippen LogP contribution in [0.25, 0.3) is 10.4 Å². The van der Waals surface area contributed by atoms with Crippen LogP contribution in [-0.2, 0) is 20.6 Å². The van der Waals surface area contributed by atoms with Gasteiger partial charge in [-0.3, -0.25) is 19.2 Å². The quantitative estimate of drug-likeness (QED) is 0.176. The molecule has 1 fully saturated rings. The Morgan fingerprint density at radius 1 is 1.23 bits per heavy atom. The molecule has 14 heteroatoms. The van der Waals surface area contributed by atoms with E-state index in [2.05, 4.69) is 21.2 Å². The molecule has 206 valence electrons. The van der Waals surface area contributed by atoms with Gasteiger partial charge in [0.05, 0.1) is 20.0 Å². The Bertz CT molecular complexity index is 1500. The number of aldehydes is 1. The van der Waals surface area contributed by atoms with Crippen LogP contribution < -0.4 is 14.4 Å². The van der Waals surface area contributed by atoms with Crippen molar-refractivity contribution in [3.63, 3.8) is 0 Å². The molecular weight excluding hydrogens is 614 g/mol. The summed E-state index contributed by atoms with van der Waals surface area (Å²) in [5, 5.41) is 24.4. The highest BCUT2D eigenvalue weighted by molar-refractivity contribution is 9.10. The third-order valence-electron chi connectivity index (χ3n) is 6.13. The summed E-state index contributed by atoms with van der Waals surface area (Å²) in [6.45, 7) is 0.887. The number of nitro benzene ring substituents is 1. The van der Waals surface area contributed by atoms with Crippen molar-refractivity contribution in [3.8, 4) is 16.2 Å². The summed E-state index contributed by atoms with van der Waals surface area (Å²) in [4.78, 5) is 34.0. The topological polar surface area (TPSA) is 156 Å². The van der Waals surface area contributed by atoms with Crippen molar-refractivity contribution in [3.05, 3.63) is 73.6 Å². The van der Waals surface area contributed by atoms with Crippen LogP contribution in [0.2, 0.25) is 0 Å². The summed E-state index contributed by atoms with van der Waals surface area (Å²) < 4.78 is 34.8. The van der Waals surface area contributed by atoms with E-state index in [9.17, 15) is 33.2 Å². The molecule has 0 atom stereocenters. The summed E-state index contributed by atoms with van der Waals surface area (Å²) in [5.41, 5.74) is 0.700. The molecule has 2 aromatic carbocycles. The Labute approximate surface area is 236 Å². The average Bonchev–Trinajstić information content (AvgIpc) is 3.24. The maximum Gasteiger partial charge on any atom is 0.349 e. The third kappa shape index (κ3) is 6.30. The highest BCUT2D eigenvalue weighted by atomic mass is 79.9. The molecule has 4 rings (SSSR count). The molecule has 0 amide bonds. The second-order valence-corrected chi connectivity index (χ2v) is 12.3. The molecule has 2 N–H and O–H groups in total. The van der Waals surface area contributed by atoms with Gasteiger partial charge in [0, 0.05) is 17.7 Å². The summed E-state index contributed by atoms with van der Waals surface area (Å²) in [7, 11) is -4.09. The molecule has 0 bridgehead atoms. The van der Waals surface area contributed by atoms with Crippen molar-refractivity contribution < 1.29 is 32.8 Å². The summed E-state index contributed by atoms with van der Waals surface area (Å²) >= 11 is 4.31. The summed E-state index contributed by atoms with van der Waals surface area (Å²) in [6, 6.07) is 12.0. The molecule has 39 heavy (non-hydrogen) atoms. The van der Waals surface area contributed by atoms with Crippen LogP contribution in [0.5, 0.6) is 5.75 Å². The standard InChI is InChI=1S/C25H24BrN3O8S2/c26-21-22(37-13-12-30)24(25(31)32)38-23(21)16-5-3-6-19(14-16)28(18-8-10-27-11-9-18)39(35,36)15-17-4-1-2-7-20(17)29(33)34/h1-7,12,14,18,27H,8-11,13,15H2,(H,31,32). The van der Waals surface area contributed by atoms with Crippen LogP contribution in [0.4, 0.5) is 11.4 Å². The molecule has 0 aliphatic carbocycles. The van der Waals surface area contributed by atoms with Crippen LogP contribution in [0.1, 0.15) is 28.1 Å². The van der Waals surface area contributed by atoms with E-state index in [4.69, 9.17) is 4.74 Å². The molecule has 0 saturated carbocycles. The first-order chi connectivity index (χ1) is 18.6. The van der Waals surface area contributed by atoms with Gasteiger partial charge in [-0.25, -0.2) is 13.2 Å². The maximum atomic E-state index is 13.9. The van der Waals surface area contributed by atoms with Crippen molar-refractivity contribution in [1.29, 1.82) is 0 Å². The number of nitrogens with zero attached hydrogens (tertiary/aromatic N) is 2. The molecule has 0 radical (unpaired) electrons. The van der Waals surface area contributed by atoms with Crippen LogP contribution in [0.3, 0.4) is 0 Å². The van der Waals surface area contributed by atoms with E-state index >= 15 is 0 Å². The van der Waals surface area contributed by atoms with Crippen molar-refractivity contribution in [2.45, 2.75) is 24.6 Å². The number of rotatable bonds is 11. The van der Waals surface area contributed by atoms with E-state index in [0.717, 1.165) is 11.3 Å². The maximum absolute atomic E-state index is 13.9. The van der Waals surface area contributed by atoms with E-state index in [1.165, 1.54) is 22.5 Å². The second kappa shape index (κ2) is 12.2. The fourth-order valence-electron chi connectivity index (χ4n) is 4.47. The number of benzene rings is 2. The Hall–Kier alpha value is -3.33. The Morgan fingerprint density at radius 2 is 1.95 bits per heavy atom. The number of aromatic carboxylic acids is 1. The second-order valence-electron chi connectivity index (χ2n) is 8.66. The van der Waals surface area contributed by atoms with Gasteiger partial charge in [-0.15, -0.1) is 11.3 Å². The van der Waals surface area contributed by atoms with Gasteiger partial charge in [-0.1, -0.05) is 30.3 Å². The number of nitro groups is 1. The monoisotopic (exact) mass is 637 g/mol. The number of hydrogen-bond acceptors (Lipinski definition) is 9. The predicted molar refractivity (Wildman–Crippen MR) is 150 cm³/mol. The Balaban J connectivity index is 1.79. The number of hydrogen-bond donors (Lipinski definition) is 2. The Kier molecular flexibility index (Phi) is 9.00. The minimum absolute atomic E-state index is 0.0132. The summed E-state index contributed by atoms with van der Waals surface area (Å²) in [6.07, 6.45) is 1.58. The van der Waals surface area contributed by atoms with E-state index in [0.29, 0.717) is 52.8 Å². The van der Waals surface area contributed by atoms with Gasteiger partial charge in [0.2, 0.25) is 10.0 Å². The molecule has 1 saturated heterocycles. The number of carbonyl (C=O) groups is 2. The van der Waals surface area contributed by atoms with Gasteiger partial charge in [0.15, 0.2) is 16.9 Å². The number of ether oxygens (including phenoxy) is 1. The number of halogens is 1. The molecule has 0 unspecified atom stereocenters. The highest BCUT2D eigenvalue weighted by Crippen LogP contribution is 2.46. The van der Waals surface area contributed by atoms with Gasteiger partial charge < -0.3 is 15.2 Å². The lowest BCUT2D eigenvalue weighted by Gasteiger charge is -2.35. The number of piperidine rings is 1. The van der Waals surface area contributed by atoms with Crippen molar-refractivity contribution in [2.75, 3.05) is 24.0 Å². The zero-order valence-electron chi connectivity index (χ0n) is 20.4. The third-order valence-corrected chi connectivity index (χ3v) is 10.1. The van der Waals surface area contributed by atoms with Crippen molar-refractivity contribution in [2.24, 2.45) is 0 Å².